The average molecular weight is 437 g/mol. The van der Waals surface area contributed by atoms with Crippen LogP contribution in [0.15, 0.2) is 27.5 Å². The summed E-state index contributed by atoms with van der Waals surface area (Å²) in [7, 11) is 0. The summed E-state index contributed by atoms with van der Waals surface area (Å²) in [6.07, 6.45) is 0. The second-order valence-electron chi connectivity index (χ2n) is 6.26. The summed E-state index contributed by atoms with van der Waals surface area (Å²) in [6, 6.07) is 5.84. The Morgan fingerprint density at radius 2 is 1.77 bits per heavy atom. The Labute approximate surface area is 167 Å². The van der Waals surface area contributed by atoms with Gasteiger partial charge in [-0.05, 0) is 60.5 Å². The summed E-state index contributed by atoms with van der Waals surface area (Å²) in [5, 5.41) is 2.94. The molecule has 0 atom stereocenters. The van der Waals surface area contributed by atoms with Crippen LogP contribution >= 0.6 is 27.7 Å². The van der Waals surface area contributed by atoms with Gasteiger partial charge in [0.25, 0.3) is 5.91 Å². The van der Waals surface area contributed by atoms with Gasteiger partial charge in [-0.1, -0.05) is 25.1 Å². The Morgan fingerprint density at radius 1 is 1.15 bits per heavy atom. The minimum Gasteiger partial charge on any atom is -0.346 e. The first-order valence-corrected chi connectivity index (χ1v) is 10.6. The molecule has 4 nitrogen and oxygen atoms in total. The van der Waals surface area contributed by atoms with Crippen LogP contribution in [-0.2, 0) is 6.54 Å². The topological polar surface area (TPSA) is 51.1 Å². The third kappa shape index (κ3) is 4.23. The highest BCUT2D eigenvalue weighted by Crippen LogP contribution is 2.22. The molecule has 6 heteroatoms. The number of para-hydroxylation sites is 1. The van der Waals surface area contributed by atoms with Crippen molar-refractivity contribution in [1.82, 2.24) is 4.57 Å². The van der Waals surface area contributed by atoms with Crippen molar-refractivity contribution in [2.75, 3.05) is 16.8 Å². The summed E-state index contributed by atoms with van der Waals surface area (Å²) >= 11 is 5.22. The van der Waals surface area contributed by atoms with Crippen molar-refractivity contribution in [3.63, 3.8) is 0 Å². The maximum atomic E-state index is 13.0. The van der Waals surface area contributed by atoms with E-state index in [0.717, 1.165) is 40.6 Å². The van der Waals surface area contributed by atoms with Gasteiger partial charge in [-0.3, -0.25) is 9.59 Å². The zero-order valence-corrected chi connectivity index (χ0v) is 18.3. The molecule has 0 aliphatic carbocycles. The lowest BCUT2D eigenvalue weighted by Crippen LogP contribution is -2.29. The largest absolute Gasteiger partial charge is 0.346 e. The van der Waals surface area contributed by atoms with Gasteiger partial charge < -0.3 is 9.88 Å². The van der Waals surface area contributed by atoms with E-state index in [9.17, 15) is 9.59 Å². The highest BCUT2D eigenvalue weighted by molar-refractivity contribution is 9.10. The lowest BCUT2D eigenvalue weighted by molar-refractivity contribution is 0.102. The molecule has 0 aliphatic rings. The molecular formula is C20H25BrN2O2S. The molecule has 26 heavy (non-hydrogen) atoms. The molecule has 1 N–H and O–H groups in total. The summed E-state index contributed by atoms with van der Waals surface area (Å²) in [5.41, 5.74) is 4.21. The number of hydrogen-bond acceptors (Lipinski definition) is 3. The lowest BCUT2D eigenvalue weighted by Gasteiger charge is -2.19. The van der Waals surface area contributed by atoms with Crippen LogP contribution in [0.2, 0.25) is 0 Å². The van der Waals surface area contributed by atoms with Gasteiger partial charge in [0.2, 0.25) is 5.43 Å². The summed E-state index contributed by atoms with van der Waals surface area (Å²) < 4.78 is 2.50. The van der Waals surface area contributed by atoms with Gasteiger partial charge >= 0.3 is 0 Å². The Bertz CT molecular complexity index is 870. The SMILES string of the molecule is CCSCCn1c(C)c(Br)c(=O)c(C(=O)Nc2c(C)cccc2C)c1C. The molecule has 1 aromatic carbocycles. The van der Waals surface area contributed by atoms with Crippen molar-refractivity contribution >= 4 is 39.3 Å². The van der Waals surface area contributed by atoms with Gasteiger partial charge in [-0.25, -0.2) is 0 Å². The number of nitrogens with zero attached hydrogens (tertiary/aromatic N) is 1. The Hall–Kier alpha value is -1.53. The molecule has 1 aromatic heterocycles. The molecule has 0 saturated heterocycles. The van der Waals surface area contributed by atoms with Gasteiger partial charge in [0.15, 0.2) is 0 Å². The standard InChI is InChI=1S/C20H25BrN2O2S/c1-6-26-11-10-23-14(4)16(19(24)17(21)15(23)5)20(25)22-18-12(2)8-7-9-13(18)3/h7-9H,6,10-11H2,1-5H3,(H,22,25). The van der Waals surface area contributed by atoms with Crippen LogP contribution in [0.25, 0.3) is 0 Å². The van der Waals surface area contributed by atoms with Gasteiger partial charge in [-0.15, -0.1) is 0 Å². The number of halogens is 1. The van der Waals surface area contributed by atoms with E-state index in [4.69, 9.17) is 0 Å². The van der Waals surface area contributed by atoms with Crippen molar-refractivity contribution in [3.05, 3.63) is 61.0 Å². The number of thioether (sulfide) groups is 1. The fourth-order valence-electron chi connectivity index (χ4n) is 3.03. The van der Waals surface area contributed by atoms with Crippen molar-refractivity contribution in [3.8, 4) is 0 Å². The second-order valence-corrected chi connectivity index (χ2v) is 8.45. The molecule has 0 fully saturated rings. The maximum Gasteiger partial charge on any atom is 0.261 e. The molecule has 0 bridgehead atoms. The molecule has 1 heterocycles. The molecule has 0 spiro atoms. The molecule has 0 aliphatic heterocycles. The second kappa shape index (κ2) is 8.91. The molecular weight excluding hydrogens is 412 g/mol. The fourth-order valence-corrected chi connectivity index (χ4v) is 4.05. The van der Waals surface area contributed by atoms with Crippen LogP contribution in [0.3, 0.4) is 0 Å². The first-order valence-electron chi connectivity index (χ1n) is 8.64. The number of rotatable bonds is 6. The predicted molar refractivity (Wildman–Crippen MR) is 115 cm³/mol. The number of nitrogens with one attached hydrogen (secondary N) is 1. The predicted octanol–water partition coefficient (Wildman–Crippen LogP) is 4.85. The van der Waals surface area contributed by atoms with Crippen molar-refractivity contribution in [1.29, 1.82) is 0 Å². The summed E-state index contributed by atoms with van der Waals surface area (Å²) in [6.45, 7) is 10.5. The number of aryl methyl sites for hydroxylation is 2. The molecule has 0 radical (unpaired) electrons. The molecule has 140 valence electrons. The van der Waals surface area contributed by atoms with Gasteiger partial charge in [-0.2, -0.15) is 11.8 Å². The van der Waals surface area contributed by atoms with Gasteiger partial charge in [0.1, 0.15) is 5.56 Å². The number of aromatic nitrogens is 1. The Kier molecular flexibility index (Phi) is 7.12. The van der Waals surface area contributed by atoms with E-state index in [1.807, 2.05) is 62.2 Å². The number of pyridine rings is 1. The summed E-state index contributed by atoms with van der Waals surface area (Å²) in [4.78, 5) is 25.7. The van der Waals surface area contributed by atoms with E-state index in [0.29, 0.717) is 10.2 Å². The van der Waals surface area contributed by atoms with Crippen LogP contribution in [-0.4, -0.2) is 22.0 Å². The van der Waals surface area contributed by atoms with E-state index in [1.54, 1.807) is 0 Å². The van der Waals surface area contributed by atoms with E-state index in [2.05, 4.69) is 28.2 Å². The van der Waals surface area contributed by atoms with Crippen molar-refractivity contribution in [2.45, 2.75) is 41.2 Å². The average Bonchev–Trinajstić information content (AvgIpc) is 2.59. The normalized spacial score (nSPS) is 10.8. The molecule has 2 aromatic rings. The highest BCUT2D eigenvalue weighted by Gasteiger charge is 2.22. The van der Waals surface area contributed by atoms with Crippen LogP contribution in [0, 0.1) is 27.7 Å². The maximum absolute atomic E-state index is 13.0. The third-order valence-electron chi connectivity index (χ3n) is 4.53. The zero-order chi connectivity index (χ0) is 19.4. The highest BCUT2D eigenvalue weighted by atomic mass is 79.9. The van der Waals surface area contributed by atoms with Crippen LogP contribution in [0.5, 0.6) is 0 Å². The van der Waals surface area contributed by atoms with Crippen LogP contribution < -0.4 is 10.7 Å². The van der Waals surface area contributed by atoms with Gasteiger partial charge in [0.05, 0.1) is 4.47 Å². The first kappa shape index (κ1) is 20.8. The number of carbonyl (C=O) groups is 1. The Balaban J connectivity index is 2.48. The number of hydrogen-bond donors (Lipinski definition) is 1. The molecule has 2 rings (SSSR count). The van der Waals surface area contributed by atoms with Crippen LogP contribution in [0.1, 0.15) is 39.8 Å². The van der Waals surface area contributed by atoms with Crippen molar-refractivity contribution < 1.29 is 4.79 Å². The fraction of sp³-hybridized carbons (Fsp3) is 0.400. The monoisotopic (exact) mass is 436 g/mol. The van der Waals surface area contributed by atoms with E-state index < -0.39 is 0 Å². The number of carbonyl (C=O) groups excluding carboxylic acids is 1. The first-order chi connectivity index (χ1) is 12.3. The Morgan fingerprint density at radius 3 is 2.35 bits per heavy atom. The molecule has 1 amide bonds. The number of benzene rings is 1. The number of amides is 1. The summed E-state index contributed by atoms with van der Waals surface area (Å²) in [5.74, 6) is 1.62. The van der Waals surface area contributed by atoms with E-state index >= 15 is 0 Å². The smallest absolute Gasteiger partial charge is 0.261 e. The molecule has 0 saturated carbocycles. The minimum absolute atomic E-state index is 0.201. The van der Waals surface area contributed by atoms with E-state index in [-0.39, 0.29) is 16.9 Å². The quantitative estimate of drug-likeness (QED) is 0.658. The third-order valence-corrected chi connectivity index (χ3v) is 6.34. The van der Waals surface area contributed by atoms with Crippen LogP contribution in [0.4, 0.5) is 5.69 Å². The minimum atomic E-state index is -0.359. The van der Waals surface area contributed by atoms with Gasteiger partial charge in [0, 0.05) is 29.4 Å². The zero-order valence-electron chi connectivity index (χ0n) is 15.9. The van der Waals surface area contributed by atoms with E-state index in [1.165, 1.54) is 0 Å². The molecule has 0 unspecified atom stereocenters. The number of anilines is 1. The van der Waals surface area contributed by atoms with Crippen molar-refractivity contribution in [2.24, 2.45) is 0 Å². The lowest BCUT2D eigenvalue weighted by atomic mass is 10.1.